The third-order valence-electron chi connectivity index (χ3n) is 4.33. The number of hydrogen-bond acceptors (Lipinski definition) is 4. The first kappa shape index (κ1) is 17.4. The Labute approximate surface area is 142 Å². The van der Waals surface area contributed by atoms with Gasteiger partial charge in [0.05, 0.1) is 17.4 Å². The van der Waals surface area contributed by atoms with Gasteiger partial charge in [-0.25, -0.2) is 4.68 Å². The molecule has 1 saturated heterocycles. The molecule has 1 N–H and O–H groups in total. The van der Waals surface area contributed by atoms with E-state index in [4.69, 9.17) is 0 Å². The lowest BCUT2D eigenvalue weighted by Crippen LogP contribution is -2.44. The molecule has 0 radical (unpaired) electrons. The molecule has 0 spiro atoms. The van der Waals surface area contributed by atoms with Gasteiger partial charge in [-0.1, -0.05) is 11.3 Å². The minimum absolute atomic E-state index is 0.110. The van der Waals surface area contributed by atoms with E-state index in [1.807, 2.05) is 0 Å². The second-order valence-corrected chi connectivity index (χ2v) is 5.99. The van der Waals surface area contributed by atoms with E-state index in [-0.39, 0.29) is 23.3 Å². The van der Waals surface area contributed by atoms with E-state index in [9.17, 15) is 18.0 Å². The van der Waals surface area contributed by atoms with Gasteiger partial charge in [-0.15, -0.1) is 5.10 Å². The Morgan fingerprint density at radius 2 is 2.04 bits per heavy atom. The predicted octanol–water partition coefficient (Wildman–Crippen LogP) is 2.11. The van der Waals surface area contributed by atoms with Gasteiger partial charge < -0.3 is 10.2 Å². The van der Waals surface area contributed by atoms with Crippen LogP contribution in [-0.4, -0.2) is 52.0 Å². The van der Waals surface area contributed by atoms with Gasteiger partial charge in [-0.3, -0.25) is 4.79 Å². The van der Waals surface area contributed by atoms with Gasteiger partial charge in [0.2, 0.25) is 0 Å². The molecule has 0 saturated carbocycles. The van der Waals surface area contributed by atoms with Crippen molar-refractivity contribution in [2.75, 3.05) is 20.1 Å². The molecule has 0 atom stereocenters. The summed E-state index contributed by atoms with van der Waals surface area (Å²) < 4.78 is 39.6. The molecule has 1 amide bonds. The van der Waals surface area contributed by atoms with Gasteiger partial charge in [0.15, 0.2) is 5.69 Å². The molecule has 1 aromatic heterocycles. The van der Waals surface area contributed by atoms with Crippen molar-refractivity contribution in [3.63, 3.8) is 0 Å². The van der Waals surface area contributed by atoms with E-state index in [1.165, 1.54) is 23.0 Å². The molecular weight excluding hydrogens is 335 g/mol. The lowest BCUT2D eigenvalue weighted by Gasteiger charge is -2.31. The smallest absolute Gasteiger partial charge is 0.337 e. The number of carbonyl (C=O) groups excluding carboxylic acids is 1. The highest BCUT2D eigenvalue weighted by Gasteiger charge is 2.31. The van der Waals surface area contributed by atoms with E-state index >= 15 is 0 Å². The fourth-order valence-corrected chi connectivity index (χ4v) is 2.85. The highest BCUT2D eigenvalue weighted by molar-refractivity contribution is 5.92. The van der Waals surface area contributed by atoms with Gasteiger partial charge in [-0.2, -0.15) is 13.2 Å². The quantitative estimate of drug-likeness (QED) is 0.918. The van der Waals surface area contributed by atoms with Crippen molar-refractivity contribution in [3.05, 3.63) is 41.7 Å². The third kappa shape index (κ3) is 3.81. The van der Waals surface area contributed by atoms with Gasteiger partial charge in [0.1, 0.15) is 0 Å². The first-order valence-corrected chi connectivity index (χ1v) is 7.94. The molecule has 6 nitrogen and oxygen atoms in total. The fourth-order valence-electron chi connectivity index (χ4n) is 2.85. The zero-order valence-electron chi connectivity index (χ0n) is 13.6. The summed E-state index contributed by atoms with van der Waals surface area (Å²) in [5.41, 5.74) is -0.468. The maximum absolute atomic E-state index is 12.8. The van der Waals surface area contributed by atoms with Crippen LogP contribution in [0.15, 0.2) is 30.5 Å². The number of nitrogens with zero attached hydrogens (tertiary/aromatic N) is 4. The zero-order valence-corrected chi connectivity index (χ0v) is 13.6. The molecular formula is C16H18F3N5O. The lowest BCUT2D eigenvalue weighted by atomic mass is 10.1. The zero-order chi connectivity index (χ0) is 18.0. The second kappa shape index (κ2) is 6.83. The number of halogens is 3. The van der Waals surface area contributed by atoms with Crippen LogP contribution >= 0.6 is 0 Å². The summed E-state index contributed by atoms with van der Waals surface area (Å²) in [5.74, 6) is -0.287. The Balaban J connectivity index is 1.79. The number of alkyl halides is 3. The highest BCUT2D eigenvalue weighted by Crippen LogP contribution is 2.30. The van der Waals surface area contributed by atoms with Crippen molar-refractivity contribution >= 4 is 5.91 Å². The van der Waals surface area contributed by atoms with Crippen LogP contribution in [0.2, 0.25) is 0 Å². The predicted molar refractivity (Wildman–Crippen MR) is 84.3 cm³/mol. The molecule has 0 unspecified atom stereocenters. The van der Waals surface area contributed by atoms with Gasteiger partial charge in [0.25, 0.3) is 5.91 Å². The first-order valence-electron chi connectivity index (χ1n) is 7.94. The number of nitrogens with one attached hydrogen (secondary N) is 1. The standard InChI is InChI=1S/C16H18F3N5O/c1-23(12-5-7-20-8-6-12)15(25)14-10-24(22-21-14)13-4-2-3-11(9-13)16(17,18)19/h2-4,9-10,12,20H,5-8H2,1H3. The van der Waals surface area contributed by atoms with Crippen LogP contribution in [0.25, 0.3) is 5.69 Å². The molecule has 1 aromatic carbocycles. The monoisotopic (exact) mass is 353 g/mol. The number of carbonyl (C=O) groups is 1. The summed E-state index contributed by atoms with van der Waals surface area (Å²) >= 11 is 0. The molecule has 9 heteroatoms. The molecule has 1 aliphatic rings. The largest absolute Gasteiger partial charge is 0.416 e. The maximum Gasteiger partial charge on any atom is 0.416 e. The molecule has 2 heterocycles. The minimum atomic E-state index is -4.44. The van der Waals surface area contributed by atoms with E-state index < -0.39 is 11.7 Å². The Morgan fingerprint density at radius 1 is 1.32 bits per heavy atom. The second-order valence-electron chi connectivity index (χ2n) is 5.99. The minimum Gasteiger partial charge on any atom is -0.337 e. The third-order valence-corrected chi connectivity index (χ3v) is 4.33. The van der Waals surface area contributed by atoms with Crippen molar-refractivity contribution in [1.82, 2.24) is 25.2 Å². The molecule has 1 aliphatic heterocycles. The fraction of sp³-hybridized carbons (Fsp3) is 0.438. The SMILES string of the molecule is CN(C(=O)c1cn(-c2cccc(C(F)(F)F)c2)nn1)C1CCNCC1. The van der Waals surface area contributed by atoms with Crippen molar-refractivity contribution in [2.45, 2.75) is 25.1 Å². The Bertz CT molecular complexity index is 752. The summed E-state index contributed by atoms with van der Waals surface area (Å²) in [6.45, 7) is 1.69. The topological polar surface area (TPSA) is 63.1 Å². The van der Waals surface area contributed by atoms with Crippen LogP contribution < -0.4 is 5.32 Å². The number of rotatable bonds is 3. The van der Waals surface area contributed by atoms with Crippen LogP contribution in [0, 0.1) is 0 Å². The lowest BCUT2D eigenvalue weighted by molar-refractivity contribution is -0.137. The van der Waals surface area contributed by atoms with Gasteiger partial charge in [-0.05, 0) is 44.1 Å². The van der Waals surface area contributed by atoms with E-state index in [0.717, 1.165) is 38.1 Å². The normalized spacial score (nSPS) is 16.0. The molecule has 2 aromatic rings. The van der Waals surface area contributed by atoms with Crippen LogP contribution in [0.5, 0.6) is 0 Å². The number of hydrogen-bond donors (Lipinski definition) is 1. The highest BCUT2D eigenvalue weighted by atomic mass is 19.4. The number of piperidine rings is 1. The van der Waals surface area contributed by atoms with Crippen LogP contribution in [-0.2, 0) is 6.18 Å². The van der Waals surface area contributed by atoms with Crippen molar-refractivity contribution in [1.29, 1.82) is 0 Å². The van der Waals surface area contributed by atoms with Gasteiger partial charge in [0, 0.05) is 13.1 Å². The molecule has 25 heavy (non-hydrogen) atoms. The number of aromatic nitrogens is 3. The van der Waals surface area contributed by atoms with Crippen molar-refractivity contribution in [2.24, 2.45) is 0 Å². The molecule has 134 valence electrons. The average Bonchev–Trinajstić information content (AvgIpc) is 3.11. The Hall–Kier alpha value is -2.42. The molecule has 0 aliphatic carbocycles. The van der Waals surface area contributed by atoms with E-state index in [1.54, 1.807) is 11.9 Å². The number of amides is 1. The summed E-state index contributed by atoms with van der Waals surface area (Å²) in [6.07, 6.45) is -1.38. The maximum atomic E-state index is 12.8. The molecule has 3 rings (SSSR count). The Morgan fingerprint density at radius 3 is 2.72 bits per heavy atom. The molecule has 0 bridgehead atoms. The summed E-state index contributed by atoms with van der Waals surface area (Å²) in [4.78, 5) is 14.2. The van der Waals surface area contributed by atoms with Crippen LogP contribution in [0.4, 0.5) is 13.2 Å². The van der Waals surface area contributed by atoms with Crippen LogP contribution in [0.1, 0.15) is 28.9 Å². The van der Waals surface area contributed by atoms with Crippen molar-refractivity contribution < 1.29 is 18.0 Å². The summed E-state index contributed by atoms with van der Waals surface area (Å²) in [6, 6.07) is 4.85. The van der Waals surface area contributed by atoms with Crippen LogP contribution in [0.3, 0.4) is 0 Å². The number of benzene rings is 1. The van der Waals surface area contributed by atoms with Gasteiger partial charge >= 0.3 is 6.18 Å². The Kier molecular flexibility index (Phi) is 4.76. The molecule has 1 fully saturated rings. The van der Waals surface area contributed by atoms with E-state index in [0.29, 0.717) is 0 Å². The average molecular weight is 353 g/mol. The summed E-state index contributed by atoms with van der Waals surface area (Å²) in [5, 5.41) is 10.9. The van der Waals surface area contributed by atoms with E-state index in [2.05, 4.69) is 15.6 Å². The summed E-state index contributed by atoms with van der Waals surface area (Å²) in [7, 11) is 1.71. The van der Waals surface area contributed by atoms with Crippen molar-refractivity contribution in [3.8, 4) is 5.69 Å². The first-order chi connectivity index (χ1) is 11.9.